The number of unbranched alkanes of at least 4 members (excludes halogenated alkanes) is 2. The Hall–Kier alpha value is -6.16. The van der Waals surface area contributed by atoms with E-state index in [1.54, 1.807) is 0 Å². The molecule has 0 fully saturated rings. The highest BCUT2D eigenvalue weighted by atomic mass is 17.1. The molecule has 0 spiro atoms. The molecular formula is C34H40N2O23. The number of hydrogen-bond donors (Lipinski definition) is 4. The molecule has 2 aromatic carbocycles. The quantitative estimate of drug-likeness (QED) is 0.0294. The van der Waals surface area contributed by atoms with Crippen LogP contribution in [0.3, 0.4) is 0 Å². The minimum Gasteiger partial charge on any atom is -0.463 e. The van der Waals surface area contributed by atoms with Gasteiger partial charge in [0.1, 0.15) is 35.8 Å². The first-order valence-electron chi connectivity index (χ1n) is 17.0. The molecule has 0 heterocycles. The van der Waals surface area contributed by atoms with Crippen molar-refractivity contribution in [1.82, 2.24) is 10.8 Å². The molecule has 0 aromatic heterocycles. The molecule has 0 atom stereocenters. The zero-order valence-electron chi connectivity index (χ0n) is 31.0. The lowest BCUT2D eigenvalue weighted by molar-refractivity contribution is -0.492. The maximum atomic E-state index is 12.5. The van der Waals surface area contributed by atoms with Crippen molar-refractivity contribution in [2.75, 3.05) is 66.1 Å². The topological polar surface area (TPSA) is 325 Å². The Kier molecular flexibility index (Phi) is 23.5. The van der Waals surface area contributed by atoms with Crippen molar-refractivity contribution in [1.29, 1.82) is 0 Å². The number of hydrogen-bond acceptors (Lipinski definition) is 25. The molecule has 0 aliphatic rings. The summed E-state index contributed by atoms with van der Waals surface area (Å²) in [6.45, 7) is -5.36. The number of rotatable bonds is 28. The van der Waals surface area contributed by atoms with Crippen LogP contribution in [0.5, 0.6) is 11.5 Å². The second-order valence-electron chi connectivity index (χ2n) is 10.9. The first-order chi connectivity index (χ1) is 28.2. The molecule has 0 aliphatic heterocycles. The fraction of sp³-hybridized carbons (Fsp3) is 0.412. The van der Waals surface area contributed by atoms with Crippen molar-refractivity contribution in [3.8, 4) is 11.5 Å². The predicted molar refractivity (Wildman–Crippen MR) is 181 cm³/mol. The molecule has 4 N–H and O–H groups in total. The van der Waals surface area contributed by atoms with Gasteiger partial charge in [-0.15, -0.1) is 0 Å². The maximum absolute atomic E-state index is 12.5. The van der Waals surface area contributed by atoms with E-state index in [-0.39, 0.29) is 49.1 Å². The molecule has 0 bridgehead atoms. The van der Waals surface area contributed by atoms with Gasteiger partial charge in [0.25, 0.3) is 0 Å². The average Bonchev–Trinajstić information content (AvgIpc) is 3.20. The van der Waals surface area contributed by atoms with Crippen molar-refractivity contribution in [2.45, 2.75) is 25.7 Å². The summed E-state index contributed by atoms with van der Waals surface area (Å²) in [6.07, 6.45) is 1.25. The third-order valence-electron chi connectivity index (χ3n) is 6.46. The summed E-state index contributed by atoms with van der Waals surface area (Å²) in [5, 5.41) is 32.8. The minimum atomic E-state index is -1.13. The lowest BCUT2D eigenvalue weighted by Crippen LogP contribution is -2.25. The van der Waals surface area contributed by atoms with Gasteiger partial charge in [-0.1, -0.05) is 24.3 Å². The lowest BCUT2D eigenvalue weighted by atomic mass is 10.2. The maximum Gasteiger partial charge on any atom is 0.349 e. The van der Waals surface area contributed by atoms with E-state index in [1.165, 1.54) is 48.5 Å². The summed E-state index contributed by atoms with van der Waals surface area (Å²) in [6, 6.07) is 10.6. The van der Waals surface area contributed by atoms with Crippen LogP contribution >= 0.6 is 0 Å². The fourth-order valence-corrected chi connectivity index (χ4v) is 3.89. The molecule has 0 radical (unpaired) electrons. The molecule has 0 saturated carbocycles. The van der Waals surface area contributed by atoms with Gasteiger partial charge in [-0.3, -0.25) is 30.5 Å². The van der Waals surface area contributed by atoms with Crippen LogP contribution in [0.1, 0.15) is 46.4 Å². The monoisotopic (exact) mass is 844 g/mol. The first-order valence-corrected chi connectivity index (χ1v) is 17.0. The van der Waals surface area contributed by atoms with Crippen LogP contribution in [0.15, 0.2) is 48.5 Å². The Bertz CT molecular complexity index is 1580. The SMILES string of the molecule is O=C(COCC(=O)OCC(=O)Oc1ccccc1C(=O)OCC(=O)OCCCCON(O)O)OCC(=O)Oc1ccccc1C(=O)OCC(=O)OCCCCON(O)O. The third-order valence-corrected chi connectivity index (χ3v) is 6.46. The van der Waals surface area contributed by atoms with Gasteiger partial charge in [0.2, 0.25) is 0 Å². The molecule has 2 aromatic rings. The van der Waals surface area contributed by atoms with Crippen molar-refractivity contribution < 1.29 is 111 Å². The standard InChI is InChI=1S/C34H40N2O23/c37-27(52-21-31(41)58-25-11-3-1-9-23(25)33(43)54-19-29(39)50-13-5-7-15-56-35(45)46)17-49-18-28(38)53-22-32(42)59-26-12-4-2-10-24(26)34(44)55-20-30(40)51-14-6-8-16-57-36(47)48/h1-4,9-12,45-48H,5-8,13-22H2. The zero-order chi connectivity index (χ0) is 43.4. The number of ether oxygens (including phenoxy) is 9. The van der Waals surface area contributed by atoms with Gasteiger partial charge in [-0.25, -0.2) is 38.4 Å². The lowest BCUT2D eigenvalue weighted by Gasteiger charge is -2.11. The van der Waals surface area contributed by atoms with Gasteiger partial charge >= 0.3 is 47.8 Å². The van der Waals surface area contributed by atoms with E-state index < -0.39 is 98.2 Å². The van der Waals surface area contributed by atoms with Crippen molar-refractivity contribution >= 4 is 47.8 Å². The van der Waals surface area contributed by atoms with Crippen LogP contribution in [-0.2, 0) is 71.6 Å². The average molecular weight is 845 g/mol. The largest absolute Gasteiger partial charge is 0.463 e. The Labute approximate surface area is 332 Å². The first kappa shape index (κ1) is 49.0. The number of esters is 8. The van der Waals surface area contributed by atoms with Crippen LogP contribution in [0.4, 0.5) is 0 Å². The molecule has 0 amide bonds. The number of para-hydroxylation sites is 2. The Morgan fingerprint density at radius 1 is 0.407 bits per heavy atom. The summed E-state index contributed by atoms with van der Waals surface area (Å²) in [4.78, 5) is 106. The molecule has 324 valence electrons. The fourth-order valence-electron chi connectivity index (χ4n) is 3.89. The van der Waals surface area contributed by atoms with E-state index in [0.717, 1.165) is 0 Å². The van der Waals surface area contributed by atoms with E-state index in [4.69, 9.17) is 63.5 Å². The summed E-state index contributed by atoms with van der Waals surface area (Å²) in [7, 11) is 0. The van der Waals surface area contributed by atoms with Gasteiger partial charge in [-0.05, 0) is 49.9 Å². The molecule has 0 saturated heterocycles. The highest BCUT2D eigenvalue weighted by molar-refractivity contribution is 5.95. The van der Waals surface area contributed by atoms with Gasteiger partial charge in [-0.2, -0.15) is 0 Å². The van der Waals surface area contributed by atoms with E-state index in [9.17, 15) is 38.4 Å². The normalized spacial score (nSPS) is 10.7. The van der Waals surface area contributed by atoms with E-state index in [0.29, 0.717) is 25.7 Å². The van der Waals surface area contributed by atoms with Gasteiger partial charge in [0.15, 0.2) is 26.4 Å². The van der Waals surface area contributed by atoms with Crippen molar-refractivity contribution in [3.05, 3.63) is 59.7 Å². The molecule has 25 heteroatoms. The number of carbonyl (C=O) groups is 8. The van der Waals surface area contributed by atoms with Crippen LogP contribution in [-0.4, -0.2) is 145 Å². The van der Waals surface area contributed by atoms with Crippen molar-refractivity contribution in [2.24, 2.45) is 0 Å². The van der Waals surface area contributed by atoms with E-state index >= 15 is 0 Å². The van der Waals surface area contributed by atoms with Gasteiger partial charge in [0.05, 0.1) is 37.2 Å². The zero-order valence-corrected chi connectivity index (χ0v) is 31.0. The summed E-state index contributed by atoms with van der Waals surface area (Å²) in [5.41, 5.74) is -0.499. The third kappa shape index (κ3) is 22.4. The van der Waals surface area contributed by atoms with Crippen LogP contribution in [0, 0.1) is 0 Å². The summed E-state index contributed by atoms with van der Waals surface area (Å²) >= 11 is 0. The summed E-state index contributed by atoms with van der Waals surface area (Å²) < 4.78 is 43.9. The number of carbonyl (C=O) groups excluding carboxylic acids is 8. The van der Waals surface area contributed by atoms with E-state index in [2.05, 4.69) is 9.68 Å². The molecule has 59 heavy (non-hydrogen) atoms. The van der Waals surface area contributed by atoms with Gasteiger partial charge < -0.3 is 42.6 Å². The Balaban J connectivity index is 1.65. The second kappa shape index (κ2) is 28.3. The Morgan fingerprint density at radius 2 is 0.746 bits per heavy atom. The predicted octanol–water partition coefficient (Wildman–Crippen LogP) is 0.285. The van der Waals surface area contributed by atoms with Crippen LogP contribution < -0.4 is 9.47 Å². The Morgan fingerprint density at radius 3 is 1.14 bits per heavy atom. The molecule has 2 rings (SSSR count). The highest BCUT2D eigenvalue weighted by Crippen LogP contribution is 2.20. The molecular weight excluding hydrogens is 804 g/mol. The second-order valence-corrected chi connectivity index (χ2v) is 10.9. The number of nitrogens with zero attached hydrogens (tertiary/aromatic N) is 2. The summed E-state index contributed by atoms with van der Waals surface area (Å²) in [5.74, 6) is -8.92. The van der Waals surface area contributed by atoms with Crippen LogP contribution in [0.2, 0.25) is 0 Å². The van der Waals surface area contributed by atoms with Gasteiger partial charge in [0, 0.05) is 0 Å². The number of benzene rings is 2. The minimum absolute atomic E-state index is 0.0579. The smallest absolute Gasteiger partial charge is 0.349 e. The van der Waals surface area contributed by atoms with Crippen LogP contribution in [0.25, 0.3) is 0 Å². The highest BCUT2D eigenvalue weighted by Gasteiger charge is 2.21. The molecule has 25 nitrogen and oxygen atoms in total. The van der Waals surface area contributed by atoms with Crippen molar-refractivity contribution in [3.63, 3.8) is 0 Å². The molecule has 0 aliphatic carbocycles. The molecule has 0 unspecified atom stereocenters. The van der Waals surface area contributed by atoms with E-state index in [1.807, 2.05) is 0 Å².